The average molecular weight is 619 g/mol. The maximum atomic E-state index is 13.8. The van der Waals surface area contributed by atoms with E-state index < -0.39 is 16.1 Å². The first kappa shape index (κ1) is 32.4. The highest BCUT2D eigenvalue weighted by Crippen LogP contribution is 2.23. The molecular weight excluding hydrogens is 581 g/mol. The van der Waals surface area contributed by atoms with Crippen molar-refractivity contribution in [1.29, 1.82) is 0 Å². The first-order valence-electron chi connectivity index (χ1n) is 13.7. The number of halogens is 2. The second-order valence-electron chi connectivity index (χ2n) is 9.92. The molecule has 0 heterocycles. The Labute approximate surface area is 253 Å². The van der Waals surface area contributed by atoms with E-state index in [0.29, 0.717) is 28.7 Å². The Morgan fingerprint density at radius 2 is 1.54 bits per heavy atom. The fraction of sp³-hybridized carbons (Fsp3) is 0.355. The number of unbranched alkanes of at least 4 members (excludes halogenated alkanes) is 1. The molecule has 0 fully saturated rings. The second-order valence-corrected chi connectivity index (χ2v) is 12.7. The van der Waals surface area contributed by atoms with Crippen LogP contribution in [0.1, 0.15) is 43.7 Å². The molecule has 3 rings (SSSR count). The van der Waals surface area contributed by atoms with Gasteiger partial charge in [-0.15, -0.1) is 0 Å². The number of hydrogen-bond donors (Lipinski definition) is 1. The molecule has 7 nitrogen and oxygen atoms in total. The number of nitrogens with one attached hydrogen (secondary N) is 1. The molecule has 3 aromatic rings. The van der Waals surface area contributed by atoms with Crippen LogP contribution in [0.3, 0.4) is 0 Å². The minimum atomic E-state index is -3.62. The van der Waals surface area contributed by atoms with Gasteiger partial charge in [0.1, 0.15) is 6.04 Å². The van der Waals surface area contributed by atoms with E-state index in [2.05, 4.69) is 5.32 Å². The monoisotopic (exact) mass is 617 g/mol. The Hall–Kier alpha value is -3.07. The lowest BCUT2D eigenvalue weighted by atomic mass is 10.0. The van der Waals surface area contributed by atoms with Crippen molar-refractivity contribution in [3.63, 3.8) is 0 Å². The quantitative estimate of drug-likeness (QED) is 0.209. The standard InChI is InChI=1S/C31H37Cl2N3O4S/c1-3-4-18-34-31(38)29(21-24-11-6-5-7-12-24)35(23-25-13-8-14-26(32)20-25)30(37)17-10-19-36(41(2,39)40)28-16-9-15-27(33)22-28/h5-9,11-16,20,22,29H,3-4,10,17-19,21,23H2,1-2H3,(H,34,38)/t29-/m1/s1. The van der Waals surface area contributed by atoms with Crippen LogP contribution in [0.4, 0.5) is 5.69 Å². The van der Waals surface area contributed by atoms with Gasteiger partial charge in [0.15, 0.2) is 0 Å². The van der Waals surface area contributed by atoms with Crippen molar-refractivity contribution in [2.45, 2.75) is 51.6 Å². The number of hydrogen-bond acceptors (Lipinski definition) is 4. The molecule has 220 valence electrons. The van der Waals surface area contributed by atoms with Crippen molar-refractivity contribution in [1.82, 2.24) is 10.2 Å². The first-order chi connectivity index (χ1) is 19.6. The van der Waals surface area contributed by atoms with E-state index in [0.717, 1.165) is 30.2 Å². The van der Waals surface area contributed by atoms with Crippen LogP contribution in [-0.4, -0.2) is 50.5 Å². The molecule has 10 heteroatoms. The average Bonchev–Trinajstić information content (AvgIpc) is 2.93. The summed E-state index contributed by atoms with van der Waals surface area (Å²) in [4.78, 5) is 29.0. The van der Waals surface area contributed by atoms with Gasteiger partial charge in [-0.2, -0.15) is 0 Å². The predicted octanol–water partition coefficient (Wildman–Crippen LogP) is 6.10. The maximum Gasteiger partial charge on any atom is 0.243 e. The lowest BCUT2D eigenvalue weighted by Gasteiger charge is -2.32. The third-order valence-electron chi connectivity index (χ3n) is 6.59. The molecule has 0 spiro atoms. The number of sulfonamides is 1. The molecule has 0 aliphatic heterocycles. The number of carbonyl (C=O) groups is 2. The summed E-state index contributed by atoms with van der Waals surface area (Å²) in [6.07, 6.45) is 3.51. The van der Waals surface area contributed by atoms with E-state index in [9.17, 15) is 18.0 Å². The topological polar surface area (TPSA) is 86.8 Å². The molecule has 0 unspecified atom stereocenters. The van der Waals surface area contributed by atoms with Crippen LogP contribution in [0, 0.1) is 0 Å². The summed E-state index contributed by atoms with van der Waals surface area (Å²) in [5.41, 5.74) is 2.15. The summed E-state index contributed by atoms with van der Waals surface area (Å²) in [5, 5.41) is 3.95. The van der Waals surface area contributed by atoms with Crippen molar-refractivity contribution >= 4 is 50.7 Å². The van der Waals surface area contributed by atoms with Gasteiger partial charge >= 0.3 is 0 Å². The van der Waals surface area contributed by atoms with Crippen molar-refractivity contribution in [2.75, 3.05) is 23.7 Å². The van der Waals surface area contributed by atoms with Crippen LogP contribution in [0.5, 0.6) is 0 Å². The van der Waals surface area contributed by atoms with Gasteiger partial charge in [0.25, 0.3) is 0 Å². The zero-order valence-corrected chi connectivity index (χ0v) is 25.8. The highest BCUT2D eigenvalue weighted by molar-refractivity contribution is 7.92. The number of rotatable bonds is 15. The summed E-state index contributed by atoms with van der Waals surface area (Å²) in [5.74, 6) is -0.481. The molecule has 0 bridgehead atoms. The van der Waals surface area contributed by atoms with E-state index in [1.54, 1.807) is 41.3 Å². The Balaban J connectivity index is 1.87. The molecule has 0 radical (unpaired) electrons. The van der Waals surface area contributed by atoms with E-state index in [1.165, 1.54) is 4.31 Å². The molecule has 41 heavy (non-hydrogen) atoms. The van der Waals surface area contributed by atoms with Crippen LogP contribution < -0.4 is 9.62 Å². The fourth-order valence-corrected chi connectivity index (χ4v) is 5.88. The highest BCUT2D eigenvalue weighted by Gasteiger charge is 2.30. The van der Waals surface area contributed by atoms with Crippen LogP contribution in [0.25, 0.3) is 0 Å². The smallest absolute Gasteiger partial charge is 0.243 e. The zero-order chi connectivity index (χ0) is 29.8. The molecule has 1 N–H and O–H groups in total. The van der Waals surface area contributed by atoms with E-state index in [4.69, 9.17) is 23.2 Å². The van der Waals surface area contributed by atoms with Crippen molar-refractivity contribution < 1.29 is 18.0 Å². The number of amides is 2. The summed E-state index contributed by atoms with van der Waals surface area (Å²) < 4.78 is 26.4. The van der Waals surface area contributed by atoms with E-state index in [1.807, 2.05) is 49.4 Å². The van der Waals surface area contributed by atoms with Gasteiger partial charge in [0.2, 0.25) is 21.8 Å². The summed E-state index contributed by atoms with van der Waals surface area (Å²) >= 11 is 12.3. The predicted molar refractivity (Wildman–Crippen MR) is 167 cm³/mol. The van der Waals surface area contributed by atoms with Gasteiger partial charge in [-0.1, -0.05) is 85.1 Å². The molecule has 3 aromatic carbocycles. The van der Waals surface area contributed by atoms with Crippen LogP contribution >= 0.6 is 23.2 Å². The molecule has 2 amide bonds. The molecule has 0 saturated carbocycles. The van der Waals surface area contributed by atoms with E-state index >= 15 is 0 Å². The zero-order valence-electron chi connectivity index (χ0n) is 23.4. The normalized spacial score (nSPS) is 12.0. The Kier molecular flexibility index (Phi) is 12.5. The number of anilines is 1. The molecule has 0 saturated heterocycles. The number of nitrogens with zero attached hydrogens (tertiary/aromatic N) is 2. The molecular formula is C31H37Cl2N3O4S. The van der Waals surface area contributed by atoms with Crippen LogP contribution in [-0.2, 0) is 32.6 Å². The lowest BCUT2D eigenvalue weighted by Crippen LogP contribution is -2.50. The van der Waals surface area contributed by atoms with Crippen LogP contribution in [0.15, 0.2) is 78.9 Å². The van der Waals surface area contributed by atoms with Crippen molar-refractivity contribution in [3.05, 3.63) is 100 Å². The number of carbonyl (C=O) groups excluding carboxylic acids is 2. The van der Waals surface area contributed by atoms with Crippen molar-refractivity contribution in [2.24, 2.45) is 0 Å². The van der Waals surface area contributed by atoms with Gasteiger partial charge in [0, 0.05) is 42.5 Å². The molecule has 0 aromatic heterocycles. The van der Waals surface area contributed by atoms with Gasteiger partial charge in [-0.3, -0.25) is 13.9 Å². The fourth-order valence-electron chi connectivity index (χ4n) is 4.53. The summed E-state index contributed by atoms with van der Waals surface area (Å²) in [6, 6.07) is 22.6. The van der Waals surface area contributed by atoms with Gasteiger partial charge in [0.05, 0.1) is 11.9 Å². The van der Waals surface area contributed by atoms with Gasteiger partial charge in [-0.05, 0) is 54.3 Å². The summed E-state index contributed by atoms with van der Waals surface area (Å²) in [6.45, 7) is 2.83. The summed E-state index contributed by atoms with van der Waals surface area (Å²) in [7, 11) is -3.62. The largest absolute Gasteiger partial charge is 0.354 e. The van der Waals surface area contributed by atoms with Crippen molar-refractivity contribution in [3.8, 4) is 0 Å². The maximum absolute atomic E-state index is 13.8. The minimum Gasteiger partial charge on any atom is -0.354 e. The van der Waals surface area contributed by atoms with E-state index in [-0.39, 0.29) is 37.7 Å². The second kappa shape index (κ2) is 15.8. The molecule has 0 aliphatic rings. The highest BCUT2D eigenvalue weighted by atomic mass is 35.5. The Morgan fingerprint density at radius 1 is 0.878 bits per heavy atom. The minimum absolute atomic E-state index is 0.0423. The van der Waals surface area contributed by atoms with Crippen LogP contribution in [0.2, 0.25) is 10.0 Å². The Bertz CT molecular complexity index is 1400. The Morgan fingerprint density at radius 3 is 2.17 bits per heavy atom. The third-order valence-corrected chi connectivity index (χ3v) is 8.26. The SMILES string of the molecule is CCCCNC(=O)[C@@H](Cc1ccccc1)N(Cc1cccc(Cl)c1)C(=O)CCCN(c1cccc(Cl)c1)S(C)(=O)=O. The molecule has 0 aliphatic carbocycles. The van der Waals surface area contributed by atoms with Gasteiger partial charge in [-0.25, -0.2) is 8.42 Å². The first-order valence-corrected chi connectivity index (χ1v) is 16.3. The van der Waals surface area contributed by atoms with Gasteiger partial charge < -0.3 is 10.2 Å². The third kappa shape index (κ3) is 10.4. The lowest BCUT2D eigenvalue weighted by molar-refractivity contribution is -0.141. The molecule has 1 atom stereocenters. The number of benzene rings is 3.